The summed E-state index contributed by atoms with van der Waals surface area (Å²) in [7, 11) is -3.95. The van der Waals surface area contributed by atoms with E-state index in [1.54, 1.807) is 41.3 Å². The van der Waals surface area contributed by atoms with Crippen LogP contribution in [-0.4, -0.2) is 76.9 Å². The van der Waals surface area contributed by atoms with Crippen molar-refractivity contribution in [2.75, 3.05) is 38.0 Å². The highest BCUT2D eigenvalue weighted by Crippen LogP contribution is 2.39. The number of amides is 1. The number of aromatic nitrogens is 2. The van der Waals surface area contributed by atoms with Gasteiger partial charge in [0.15, 0.2) is 0 Å². The van der Waals surface area contributed by atoms with Gasteiger partial charge in [0.2, 0.25) is 15.9 Å². The van der Waals surface area contributed by atoms with Crippen LogP contribution in [0.3, 0.4) is 0 Å². The monoisotopic (exact) mass is 620 g/mol. The largest absolute Gasteiger partial charge is 0.387 e. The Morgan fingerprint density at radius 3 is 2.49 bits per heavy atom. The highest BCUT2D eigenvalue weighted by molar-refractivity contribution is 7.89. The Balaban J connectivity index is 1.25. The summed E-state index contributed by atoms with van der Waals surface area (Å²) >= 11 is 6.08. The Hall–Kier alpha value is -3.61. The first-order valence-corrected chi connectivity index (χ1v) is 16.1. The van der Waals surface area contributed by atoms with Crippen molar-refractivity contribution in [3.8, 4) is 0 Å². The molecule has 3 heterocycles. The molecule has 3 aromatic carbocycles. The van der Waals surface area contributed by atoms with E-state index in [0.29, 0.717) is 49.0 Å². The second-order valence-corrected chi connectivity index (χ2v) is 13.4. The van der Waals surface area contributed by atoms with Crippen molar-refractivity contribution in [2.24, 2.45) is 0 Å². The number of hydrogen-bond acceptors (Lipinski definition) is 8. The van der Waals surface area contributed by atoms with E-state index >= 15 is 0 Å². The lowest BCUT2D eigenvalue weighted by atomic mass is 9.81. The van der Waals surface area contributed by atoms with Crippen LogP contribution in [0.25, 0.3) is 10.8 Å². The molecule has 0 saturated carbocycles. The summed E-state index contributed by atoms with van der Waals surface area (Å²) in [5.74, 6) is 0.180. The molecule has 1 atom stereocenters. The van der Waals surface area contributed by atoms with Crippen LogP contribution in [0.1, 0.15) is 30.1 Å². The molecule has 2 aliphatic heterocycles. The molecule has 3 N–H and O–H groups in total. The Morgan fingerprint density at radius 2 is 1.72 bits per heavy atom. The van der Waals surface area contributed by atoms with E-state index in [0.717, 1.165) is 16.3 Å². The van der Waals surface area contributed by atoms with Crippen molar-refractivity contribution in [2.45, 2.75) is 35.9 Å². The van der Waals surface area contributed by atoms with E-state index in [2.05, 4.69) is 20.6 Å². The van der Waals surface area contributed by atoms with Gasteiger partial charge in [0.25, 0.3) is 0 Å². The number of anilines is 1. The van der Waals surface area contributed by atoms with Gasteiger partial charge >= 0.3 is 0 Å². The molecule has 12 heteroatoms. The third-order valence-electron chi connectivity index (χ3n) is 8.21. The maximum atomic E-state index is 13.7. The fraction of sp³-hybridized carbons (Fsp3) is 0.323. The molecule has 0 aliphatic carbocycles. The van der Waals surface area contributed by atoms with E-state index in [9.17, 15) is 18.3 Å². The topological polar surface area (TPSA) is 128 Å². The zero-order valence-electron chi connectivity index (χ0n) is 23.5. The van der Waals surface area contributed by atoms with E-state index in [4.69, 9.17) is 11.6 Å². The van der Waals surface area contributed by atoms with E-state index in [1.165, 1.54) is 16.7 Å². The summed E-state index contributed by atoms with van der Waals surface area (Å²) in [6.45, 7) is 1.59. The first-order chi connectivity index (χ1) is 20.7. The molecule has 6 rings (SSSR count). The van der Waals surface area contributed by atoms with Crippen LogP contribution in [0, 0.1) is 0 Å². The summed E-state index contributed by atoms with van der Waals surface area (Å²) in [6.07, 6.45) is 2.26. The van der Waals surface area contributed by atoms with Gasteiger partial charge < -0.3 is 20.6 Å². The molecular formula is C31H33ClN6O4S. The molecule has 1 unspecified atom stereocenters. The number of aliphatic hydroxyl groups is 1. The minimum atomic E-state index is -3.95. The number of benzene rings is 3. The minimum Gasteiger partial charge on any atom is -0.387 e. The zero-order chi connectivity index (χ0) is 30.0. The van der Waals surface area contributed by atoms with Gasteiger partial charge in [-0.15, -0.1) is 0 Å². The fourth-order valence-electron chi connectivity index (χ4n) is 5.91. The first-order valence-electron chi connectivity index (χ1n) is 14.2. The van der Waals surface area contributed by atoms with Crippen LogP contribution in [0.15, 0.2) is 84.0 Å². The third kappa shape index (κ3) is 6.22. The van der Waals surface area contributed by atoms with Gasteiger partial charge in [-0.25, -0.2) is 18.4 Å². The molecule has 2 fully saturated rings. The van der Waals surface area contributed by atoms with Crippen molar-refractivity contribution >= 4 is 44.1 Å². The van der Waals surface area contributed by atoms with Gasteiger partial charge in [-0.2, -0.15) is 4.31 Å². The number of halogens is 1. The SMILES string of the molecule is O=C1CN(S(=O)(=O)c2ccc3cc(Cl)ccc3c2)CCN1C(c1cc(NCc2ccccc2)ncn1)C1(O)CCNCC1. The second-order valence-electron chi connectivity index (χ2n) is 11.0. The lowest BCUT2D eigenvalue weighted by molar-refractivity contribution is -0.148. The number of piperidine rings is 1. The van der Waals surface area contributed by atoms with Crippen molar-refractivity contribution in [1.82, 2.24) is 24.5 Å². The number of carbonyl (C=O) groups excluding carboxylic acids is 1. The van der Waals surface area contributed by atoms with Crippen LogP contribution in [0.2, 0.25) is 5.02 Å². The van der Waals surface area contributed by atoms with E-state index < -0.39 is 27.6 Å². The van der Waals surface area contributed by atoms with Gasteiger partial charge in [-0.05, 0) is 66.5 Å². The Labute approximate surface area is 255 Å². The van der Waals surface area contributed by atoms with Crippen molar-refractivity contribution in [3.63, 3.8) is 0 Å². The summed E-state index contributed by atoms with van der Waals surface area (Å²) in [4.78, 5) is 24.3. The number of fused-ring (bicyclic) bond motifs is 1. The number of rotatable bonds is 8. The standard InChI is InChI=1S/C31H33ClN6O4S/c32-25-8-6-24-17-26(9-7-23(24)16-25)43(41,42)37-14-15-38(29(39)20-37)30(31(40)10-12-33-13-11-31)27-18-28(36-21-35-27)34-19-22-4-2-1-3-5-22/h1-9,16-18,21,30,33,40H,10-15,19-20H2,(H,34,35,36). The Morgan fingerprint density at radius 1 is 0.977 bits per heavy atom. The van der Waals surface area contributed by atoms with Gasteiger partial charge in [0.1, 0.15) is 18.2 Å². The first kappa shape index (κ1) is 29.5. The summed E-state index contributed by atoms with van der Waals surface area (Å²) in [6, 6.07) is 21.0. The van der Waals surface area contributed by atoms with E-state index in [-0.39, 0.29) is 24.5 Å². The molecule has 4 aromatic rings. The quantitative estimate of drug-likeness (QED) is 0.273. The minimum absolute atomic E-state index is 0.0851. The maximum Gasteiger partial charge on any atom is 0.243 e. The molecule has 10 nitrogen and oxygen atoms in total. The fourth-order valence-corrected chi connectivity index (χ4v) is 7.51. The summed E-state index contributed by atoms with van der Waals surface area (Å²) in [5.41, 5.74) is 0.346. The molecule has 1 aromatic heterocycles. The number of hydrogen-bond donors (Lipinski definition) is 3. The number of carbonyl (C=O) groups is 1. The molecule has 1 amide bonds. The molecule has 0 bridgehead atoms. The van der Waals surface area contributed by atoms with Gasteiger partial charge in [0.05, 0.1) is 22.7 Å². The Bertz CT molecular complexity index is 1730. The summed E-state index contributed by atoms with van der Waals surface area (Å²) in [5, 5.41) is 20.6. The van der Waals surface area contributed by atoms with Crippen molar-refractivity contribution in [1.29, 1.82) is 0 Å². The predicted octanol–water partition coefficient (Wildman–Crippen LogP) is 3.58. The Kier molecular flexibility index (Phi) is 8.34. The number of sulfonamides is 1. The van der Waals surface area contributed by atoms with Crippen molar-refractivity contribution in [3.05, 3.63) is 95.4 Å². The molecule has 0 radical (unpaired) electrons. The highest BCUT2D eigenvalue weighted by Gasteiger charge is 2.47. The molecular weight excluding hydrogens is 588 g/mol. The molecule has 2 saturated heterocycles. The van der Waals surface area contributed by atoms with Gasteiger partial charge in [-0.1, -0.05) is 54.1 Å². The number of nitrogens with one attached hydrogen (secondary N) is 2. The average Bonchev–Trinajstić information content (AvgIpc) is 3.01. The molecule has 43 heavy (non-hydrogen) atoms. The van der Waals surface area contributed by atoms with Crippen LogP contribution in [-0.2, 0) is 21.4 Å². The lowest BCUT2D eigenvalue weighted by Crippen LogP contribution is -2.59. The van der Waals surface area contributed by atoms with Crippen LogP contribution >= 0.6 is 11.6 Å². The molecule has 2 aliphatic rings. The smallest absolute Gasteiger partial charge is 0.243 e. The summed E-state index contributed by atoms with van der Waals surface area (Å²) < 4.78 is 28.5. The third-order valence-corrected chi connectivity index (χ3v) is 10.3. The van der Waals surface area contributed by atoms with Crippen LogP contribution in [0.5, 0.6) is 0 Å². The maximum absolute atomic E-state index is 13.7. The van der Waals surface area contributed by atoms with Gasteiger partial charge in [-0.3, -0.25) is 4.79 Å². The lowest BCUT2D eigenvalue weighted by Gasteiger charge is -2.47. The van der Waals surface area contributed by atoms with Crippen molar-refractivity contribution < 1.29 is 18.3 Å². The number of piperazine rings is 1. The predicted molar refractivity (Wildman–Crippen MR) is 165 cm³/mol. The van der Waals surface area contributed by atoms with Gasteiger partial charge in [0, 0.05) is 30.7 Å². The average molecular weight is 621 g/mol. The van der Waals surface area contributed by atoms with Crippen LogP contribution < -0.4 is 10.6 Å². The normalized spacial score (nSPS) is 18.5. The molecule has 0 spiro atoms. The molecule has 224 valence electrons. The highest BCUT2D eigenvalue weighted by atomic mass is 35.5. The second kappa shape index (κ2) is 12.2. The number of nitrogens with zero attached hydrogens (tertiary/aromatic N) is 4. The van der Waals surface area contributed by atoms with Crippen LogP contribution in [0.4, 0.5) is 5.82 Å². The van der Waals surface area contributed by atoms with E-state index in [1.807, 2.05) is 30.3 Å². The zero-order valence-corrected chi connectivity index (χ0v) is 25.1.